The summed E-state index contributed by atoms with van der Waals surface area (Å²) in [6, 6.07) is 65.4. The average molecular weight is 702 g/mol. The van der Waals surface area contributed by atoms with Crippen LogP contribution in [0.3, 0.4) is 0 Å². The number of nitrogens with zero attached hydrogens (tertiary/aromatic N) is 1. The lowest BCUT2D eigenvalue weighted by Gasteiger charge is -2.18. The van der Waals surface area contributed by atoms with Gasteiger partial charge in [0.15, 0.2) is 0 Å². The fraction of sp³-hybridized carbons (Fsp3) is 0. The number of hydrogen-bond acceptors (Lipinski definition) is 2. The average Bonchev–Trinajstić information content (AvgIpc) is 3.94. The van der Waals surface area contributed by atoms with Gasteiger partial charge in [0.25, 0.3) is 0 Å². The maximum Gasteiger partial charge on any atom is 0.146 e. The molecule has 0 N–H and O–H groups in total. The minimum atomic E-state index is 0.821. The molecule has 0 fully saturated rings. The highest BCUT2D eigenvalue weighted by Gasteiger charge is 2.21. The van der Waals surface area contributed by atoms with E-state index in [1.54, 1.807) is 0 Å². The summed E-state index contributed by atoms with van der Waals surface area (Å²) < 4.78 is 15.2. The molecule has 12 aromatic rings. The van der Waals surface area contributed by atoms with Gasteiger partial charge in [-0.1, -0.05) is 133 Å². The normalized spacial score (nSPS) is 12.0. The van der Waals surface area contributed by atoms with E-state index in [0.717, 1.165) is 55.3 Å². The highest BCUT2D eigenvalue weighted by atomic mass is 16.3. The van der Waals surface area contributed by atoms with Gasteiger partial charge in [-0.25, -0.2) is 0 Å². The van der Waals surface area contributed by atoms with Crippen LogP contribution >= 0.6 is 0 Å². The summed E-state index contributed by atoms with van der Waals surface area (Å²) in [6.07, 6.45) is 1.87. The lowest BCUT2D eigenvalue weighted by atomic mass is 9.85. The van der Waals surface area contributed by atoms with E-state index >= 15 is 0 Å². The van der Waals surface area contributed by atoms with Crippen LogP contribution in [0.25, 0.3) is 115 Å². The molecule has 9 aromatic carbocycles. The van der Waals surface area contributed by atoms with E-state index in [1.807, 2.05) is 12.3 Å². The van der Waals surface area contributed by atoms with E-state index in [2.05, 4.69) is 180 Å². The second-order valence-electron chi connectivity index (χ2n) is 14.4. The van der Waals surface area contributed by atoms with Gasteiger partial charge in [0.2, 0.25) is 0 Å². The number of hydrogen-bond donors (Lipinski definition) is 0. The Morgan fingerprint density at radius 2 is 0.909 bits per heavy atom. The van der Waals surface area contributed by atoms with Gasteiger partial charge in [-0.05, 0) is 97.9 Å². The van der Waals surface area contributed by atoms with Gasteiger partial charge in [-0.2, -0.15) is 0 Å². The topological polar surface area (TPSA) is 31.2 Å². The van der Waals surface area contributed by atoms with Gasteiger partial charge in [0, 0.05) is 32.8 Å². The van der Waals surface area contributed by atoms with Gasteiger partial charge in [0.05, 0.1) is 22.7 Å². The second kappa shape index (κ2) is 11.6. The van der Waals surface area contributed by atoms with E-state index < -0.39 is 0 Å². The van der Waals surface area contributed by atoms with E-state index in [9.17, 15) is 0 Å². The monoisotopic (exact) mass is 701 g/mol. The summed E-state index contributed by atoms with van der Waals surface area (Å²) in [5.74, 6) is 0. The summed E-state index contributed by atoms with van der Waals surface area (Å²) >= 11 is 0. The molecule has 0 aliphatic rings. The highest BCUT2D eigenvalue weighted by Crippen LogP contribution is 2.47. The van der Waals surface area contributed by atoms with Crippen LogP contribution < -0.4 is 0 Å². The van der Waals surface area contributed by atoms with Crippen LogP contribution in [0.15, 0.2) is 197 Å². The lowest BCUT2D eigenvalue weighted by molar-refractivity contribution is 0.619. The Bertz CT molecular complexity index is 3420. The zero-order chi connectivity index (χ0) is 36.0. The minimum Gasteiger partial charge on any atom is -0.463 e. The molecule has 256 valence electrons. The predicted molar refractivity (Wildman–Crippen MR) is 229 cm³/mol. The first-order chi connectivity index (χ1) is 27.3. The van der Waals surface area contributed by atoms with E-state index in [4.69, 9.17) is 8.83 Å². The summed E-state index contributed by atoms with van der Waals surface area (Å²) in [5.41, 5.74) is 13.1. The van der Waals surface area contributed by atoms with Crippen molar-refractivity contribution in [1.82, 2.24) is 4.57 Å². The number of fused-ring (bicyclic) bond motifs is 10. The molecule has 0 spiro atoms. The SMILES string of the molecule is c1ccc(-c2coc3c2ccc2oc4ccc(-c5c6ccccc6c(-c6ccc7c8ccccc8n(-c8ccccc8)c7c6)c6ccccc56)cc4c23)cc1. The molecule has 55 heavy (non-hydrogen) atoms. The van der Waals surface area contributed by atoms with Gasteiger partial charge >= 0.3 is 0 Å². The Morgan fingerprint density at radius 1 is 0.364 bits per heavy atom. The third kappa shape index (κ3) is 4.38. The first kappa shape index (κ1) is 30.1. The first-order valence-corrected chi connectivity index (χ1v) is 18.7. The van der Waals surface area contributed by atoms with Crippen molar-refractivity contribution in [1.29, 1.82) is 0 Å². The second-order valence-corrected chi connectivity index (χ2v) is 14.4. The Kier molecular flexibility index (Phi) is 6.34. The minimum absolute atomic E-state index is 0.821. The zero-order valence-corrected chi connectivity index (χ0v) is 29.7. The van der Waals surface area contributed by atoms with E-state index in [-0.39, 0.29) is 0 Å². The summed E-state index contributed by atoms with van der Waals surface area (Å²) in [4.78, 5) is 0. The molecule has 0 aliphatic heterocycles. The van der Waals surface area contributed by atoms with Crippen molar-refractivity contribution < 1.29 is 8.83 Å². The van der Waals surface area contributed by atoms with Crippen molar-refractivity contribution in [2.45, 2.75) is 0 Å². The van der Waals surface area contributed by atoms with Crippen LogP contribution in [-0.4, -0.2) is 4.57 Å². The molecule has 0 radical (unpaired) electrons. The van der Waals surface area contributed by atoms with Crippen molar-refractivity contribution in [2.75, 3.05) is 0 Å². The van der Waals surface area contributed by atoms with Crippen molar-refractivity contribution >= 4 is 76.3 Å². The molecule has 3 nitrogen and oxygen atoms in total. The zero-order valence-electron chi connectivity index (χ0n) is 29.7. The standard InChI is InChI=1S/C52H31NO2/c1-3-13-32(14-4-1)44-31-54-52-42(44)26-28-48-51(52)43-29-33(24-27-47(43)55-48)49-38-18-7-9-20-40(38)50(41-21-10-8-19-39(41)49)34-23-25-37-36-17-11-12-22-45(36)53(46(37)30-34)35-15-5-2-6-16-35/h1-31H. The molecule has 3 heteroatoms. The number of rotatable bonds is 4. The van der Waals surface area contributed by atoms with Crippen LogP contribution in [0.4, 0.5) is 0 Å². The fourth-order valence-electron chi connectivity index (χ4n) is 9.08. The van der Waals surface area contributed by atoms with Crippen LogP contribution in [0, 0.1) is 0 Å². The molecule has 0 saturated carbocycles. The highest BCUT2D eigenvalue weighted by molar-refractivity contribution is 6.24. The summed E-state index contributed by atoms with van der Waals surface area (Å²) in [7, 11) is 0. The number of aromatic nitrogens is 1. The molecular weight excluding hydrogens is 671 g/mol. The third-order valence-electron chi connectivity index (χ3n) is 11.5. The van der Waals surface area contributed by atoms with Gasteiger partial charge < -0.3 is 13.4 Å². The fourth-order valence-corrected chi connectivity index (χ4v) is 9.08. The quantitative estimate of drug-likeness (QED) is 0.171. The Balaban J connectivity index is 1.11. The van der Waals surface area contributed by atoms with Gasteiger partial charge in [0.1, 0.15) is 16.7 Å². The molecule has 0 aliphatic carbocycles. The molecule has 0 atom stereocenters. The maximum atomic E-state index is 6.45. The molecular formula is C52H31NO2. The number of benzene rings is 9. The Labute approximate surface area is 315 Å². The van der Waals surface area contributed by atoms with E-state index in [0.29, 0.717) is 0 Å². The van der Waals surface area contributed by atoms with Crippen molar-refractivity contribution in [2.24, 2.45) is 0 Å². The van der Waals surface area contributed by atoms with Crippen LogP contribution in [-0.2, 0) is 0 Å². The maximum absolute atomic E-state index is 6.45. The van der Waals surface area contributed by atoms with Gasteiger partial charge in [-0.15, -0.1) is 0 Å². The number of para-hydroxylation sites is 2. The van der Waals surface area contributed by atoms with Crippen molar-refractivity contribution in [3.8, 4) is 39.1 Å². The lowest BCUT2D eigenvalue weighted by Crippen LogP contribution is -1.94. The summed E-state index contributed by atoms with van der Waals surface area (Å²) in [6.45, 7) is 0. The predicted octanol–water partition coefficient (Wildman–Crippen LogP) is 14.7. The molecule has 0 saturated heterocycles. The van der Waals surface area contributed by atoms with Gasteiger partial charge in [-0.3, -0.25) is 0 Å². The first-order valence-electron chi connectivity index (χ1n) is 18.7. The van der Waals surface area contributed by atoms with Crippen LogP contribution in [0.1, 0.15) is 0 Å². The Hall–Kier alpha value is -7.36. The van der Waals surface area contributed by atoms with Crippen molar-refractivity contribution in [3.05, 3.63) is 188 Å². The van der Waals surface area contributed by atoms with Crippen LogP contribution in [0.5, 0.6) is 0 Å². The van der Waals surface area contributed by atoms with E-state index in [1.165, 1.54) is 60.0 Å². The molecule has 3 heterocycles. The molecule has 0 unspecified atom stereocenters. The van der Waals surface area contributed by atoms with Crippen LogP contribution in [0.2, 0.25) is 0 Å². The summed E-state index contributed by atoms with van der Waals surface area (Å²) in [5, 5.41) is 10.5. The third-order valence-corrected chi connectivity index (χ3v) is 11.5. The Morgan fingerprint density at radius 3 is 1.62 bits per heavy atom. The molecule has 0 bridgehead atoms. The largest absolute Gasteiger partial charge is 0.463 e. The van der Waals surface area contributed by atoms with Crippen molar-refractivity contribution in [3.63, 3.8) is 0 Å². The molecule has 12 rings (SSSR count). The molecule has 3 aromatic heterocycles. The smallest absolute Gasteiger partial charge is 0.146 e. The number of furan rings is 2. The molecule has 0 amide bonds.